The molecular weight excluding hydrogens is 458 g/mol. The summed E-state index contributed by atoms with van der Waals surface area (Å²) in [6, 6.07) is -0.157. The summed E-state index contributed by atoms with van der Waals surface area (Å²) >= 11 is 0. The van der Waals surface area contributed by atoms with Gasteiger partial charge < -0.3 is 4.57 Å². The van der Waals surface area contributed by atoms with E-state index in [-0.39, 0.29) is 6.04 Å². The van der Waals surface area contributed by atoms with Crippen molar-refractivity contribution in [3.05, 3.63) is 30.4 Å². The van der Waals surface area contributed by atoms with Crippen LogP contribution in [-0.2, 0) is 16.8 Å². The highest BCUT2D eigenvalue weighted by atomic mass is 32.2. The van der Waals surface area contributed by atoms with Crippen molar-refractivity contribution in [2.45, 2.75) is 98.1 Å². The maximum absolute atomic E-state index is 11.3. The first-order valence-corrected chi connectivity index (χ1v) is 15.3. The minimum atomic E-state index is -4.13. The molecule has 0 bridgehead atoms. The van der Waals surface area contributed by atoms with Crippen molar-refractivity contribution in [2.75, 3.05) is 0 Å². The molecule has 5 rings (SSSR count). The summed E-state index contributed by atoms with van der Waals surface area (Å²) in [6.07, 6.45) is 18.8. The van der Waals surface area contributed by atoms with Crippen LogP contribution in [0.1, 0.15) is 85.5 Å². The van der Waals surface area contributed by atoms with Crippen molar-refractivity contribution >= 4 is 10.3 Å². The van der Waals surface area contributed by atoms with Crippen LogP contribution in [0, 0.1) is 46.3 Å². The van der Waals surface area contributed by atoms with E-state index in [1.54, 1.807) is 0 Å². The SMILES string of the molecule is CC(C)(C)CC(Cn1ccnc1)[C@H]1CCC2C3CC=C4C[C@@H](NS(=O)(=O)O)CC[C@@H]4C3CC[C@@]21C. The van der Waals surface area contributed by atoms with Gasteiger partial charge in [0.05, 0.1) is 6.33 Å². The summed E-state index contributed by atoms with van der Waals surface area (Å²) in [6.45, 7) is 10.9. The fraction of sp³-hybridized carbons (Fsp3) is 0.821. The lowest BCUT2D eigenvalue weighted by atomic mass is 9.50. The van der Waals surface area contributed by atoms with E-state index in [1.165, 1.54) is 37.7 Å². The molecule has 7 heteroatoms. The smallest absolute Gasteiger partial charge is 0.333 e. The summed E-state index contributed by atoms with van der Waals surface area (Å²) in [5, 5.41) is 0. The van der Waals surface area contributed by atoms with Crippen LogP contribution in [0.2, 0.25) is 0 Å². The molecule has 2 N–H and O–H groups in total. The van der Waals surface area contributed by atoms with E-state index in [9.17, 15) is 13.0 Å². The van der Waals surface area contributed by atoms with Crippen LogP contribution in [0.3, 0.4) is 0 Å². The Hall–Kier alpha value is -1.18. The third kappa shape index (κ3) is 5.28. The number of allylic oxidation sites excluding steroid dienone is 1. The summed E-state index contributed by atoms with van der Waals surface area (Å²) in [4.78, 5) is 4.32. The Morgan fingerprint density at radius 3 is 2.69 bits per heavy atom. The first-order chi connectivity index (χ1) is 16.4. The van der Waals surface area contributed by atoms with Gasteiger partial charge in [0.1, 0.15) is 0 Å². The maximum Gasteiger partial charge on any atom is 0.333 e. The molecule has 4 aliphatic carbocycles. The molecule has 3 saturated carbocycles. The Morgan fingerprint density at radius 1 is 1.20 bits per heavy atom. The number of aromatic nitrogens is 2. The zero-order chi connectivity index (χ0) is 25.0. The predicted octanol–water partition coefficient (Wildman–Crippen LogP) is 5.89. The third-order valence-electron chi connectivity index (χ3n) is 10.3. The Balaban J connectivity index is 1.34. The molecule has 0 aromatic carbocycles. The van der Waals surface area contributed by atoms with Gasteiger partial charge in [0.25, 0.3) is 0 Å². The number of hydrogen-bond donors (Lipinski definition) is 2. The average molecular weight is 504 g/mol. The second-order valence-corrected chi connectivity index (χ2v) is 14.8. The van der Waals surface area contributed by atoms with Crippen LogP contribution in [0.25, 0.3) is 0 Å². The fourth-order valence-corrected chi connectivity index (χ4v) is 9.81. The summed E-state index contributed by atoms with van der Waals surface area (Å²) in [5.41, 5.74) is 2.17. The summed E-state index contributed by atoms with van der Waals surface area (Å²) < 4.78 is 36.7. The molecule has 8 atom stereocenters. The van der Waals surface area contributed by atoms with Gasteiger partial charge in [-0.25, -0.2) is 4.98 Å². The summed E-state index contributed by atoms with van der Waals surface area (Å²) in [5.74, 6) is 4.34. The molecule has 0 radical (unpaired) electrons. The summed E-state index contributed by atoms with van der Waals surface area (Å²) in [7, 11) is -4.13. The van der Waals surface area contributed by atoms with Gasteiger partial charge in [0.15, 0.2) is 0 Å². The quantitative estimate of drug-likeness (QED) is 0.375. The molecule has 0 amide bonds. The van der Waals surface area contributed by atoms with E-state index < -0.39 is 10.3 Å². The minimum absolute atomic E-state index is 0.157. The molecule has 1 aromatic heterocycles. The van der Waals surface area contributed by atoms with Gasteiger partial charge in [0.2, 0.25) is 0 Å². The Bertz CT molecular complexity index is 1030. The van der Waals surface area contributed by atoms with Gasteiger partial charge in [-0.1, -0.05) is 39.3 Å². The van der Waals surface area contributed by atoms with Gasteiger partial charge >= 0.3 is 10.3 Å². The zero-order valence-electron chi connectivity index (χ0n) is 22.0. The van der Waals surface area contributed by atoms with E-state index in [4.69, 9.17) is 0 Å². The normalized spacial score (nSPS) is 38.3. The lowest BCUT2D eigenvalue weighted by Crippen LogP contribution is -2.48. The van der Waals surface area contributed by atoms with E-state index in [2.05, 4.69) is 54.2 Å². The van der Waals surface area contributed by atoms with E-state index in [1.807, 2.05) is 12.5 Å². The molecule has 1 aromatic rings. The van der Waals surface area contributed by atoms with Crippen molar-refractivity contribution in [3.8, 4) is 0 Å². The maximum atomic E-state index is 11.3. The number of nitrogens with one attached hydrogen (secondary N) is 1. The molecular formula is C28H45N3O3S. The second-order valence-electron chi connectivity index (χ2n) is 13.6. The molecule has 3 fully saturated rings. The first kappa shape index (κ1) is 25.5. The number of hydrogen-bond acceptors (Lipinski definition) is 3. The molecule has 1 heterocycles. The largest absolute Gasteiger partial charge is 0.337 e. The van der Waals surface area contributed by atoms with Crippen molar-refractivity contribution in [3.63, 3.8) is 0 Å². The molecule has 0 saturated heterocycles. The molecule has 0 spiro atoms. The number of nitrogens with zero attached hydrogens (tertiary/aromatic N) is 2. The van der Waals surface area contributed by atoms with Crippen molar-refractivity contribution in [1.82, 2.24) is 14.3 Å². The number of rotatable bonds is 6. The van der Waals surface area contributed by atoms with Gasteiger partial charge in [-0.2, -0.15) is 13.1 Å². The van der Waals surface area contributed by atoms with Gasteiger partial charge in [-0.05, 0) is 104 Å². The highest BCUT2D eigenvalue weighted by Gasteiger charge is 2.57. The van der Waals surface area contributed by atoms with E-state index in [0.717, 1.165) is 55.9 Å². The molecule has 4 aliphatic rings. The molecule has 4 unspecified atom stereocenters. The van der Waals surface area contributed by atoms with E-state index in [0.29, 0.717) is 22.7 Å². The standard InChI is InChI=1S/C28H45N3O3S/c1-27(2,3)16-20(17-31-14-13-29-18-31)25-9-10-26-24-7-5-19-15-21(30-35(32,33)34)6-8-22(19)23(24)11-12-28(25,26)4/h5,13-14,18,20-26,30H,6-12,15-17H2,1-4H3,(H,32,33,34)/t20?,21-,22-,23?,24?,25+,26?,28+/m0/s1. The Labute approximate surface area is 212 Å². The fourth-order valence-electron chi connectivity index (χ4n) is 9.18. The van der Waals surface area contributed by atoms with Gasteiger partial charge in [-0.15, -0.1) is 0 Å². The van der Waals surface area contributed by atoms with Gasteiger partial charge in [-0.3, -0.25) is 4.55 Å². The number of fused-ring (bicyclic) bond motifs is 5. The monoisotopic (exact) mass is 503 g/mol. The lowest BCUT2D eigenvalue weighted by Gasteiger charge is -2.55. The predicted molar refractivity (Wildman–Crippen MR) is 139 cm³/mol. The van der Waals surface area contributed by atoms with Crippen LogP contribution < -0.4 is 4.72 Å². The van der Waals surface area contributed by atoms with Crippen LogP contribution in [-0.4, -0.2) is 28.6 Å². The third-order valence-corrected chi connectivity index (χ3v) is 10.9. The molecule has 196 valence electrons. The highest BCUT2D eigenvalue weighted by molar-refractivity contribution is 7.83. The van der Waals surface area contributed by atoms with Crippen LogP contribution in [0.4, 0.5) is 0 Å². The van der Waals surface area contributed by atoms with Crippen LogP contribution in [0.15, 0.2) is 30.4 Å². The van der Waals surface area contributed by atoms with Gasteiger partial charge in [0, 0.05) is 25.0 Å². The molecule has 0 aliphatic heterocycles. The topological polar surface area (TPSA) is 84.2 Å². The van der Waals surface area contributed by atoms with Crippen molar-refractivity contribution in [2.24, 2.45) is 46.3 Å². The molecule has 6 nitrogen and oxygen atoms in total. The van der Waals surface area contributed by atoms with Crippen LogP contribution >= 0.6 is 0 Å². The first-order valence-electron chi connectivity index (χ1n) is 13.8. The lowest BCUT2D eigenvalue weighted by molar-refractivity contribution is -0.0328. The minimum Gasteiger partial charge on any atom is -0.337 e. The van der Waals surface area contributed by atoms with E-state index >= 15 is 0 Å². The number of imidazole rings is 1. The van der Waals surface area contributed by atoms with Crippen LogP contribution in [0.5, 0.6) is 0 Å². The second kappa shape index (κ2) is 9.29. The van der Waals surface area contributed by atoms with Crippen molar-refractivity contribution in [1.29, 1.82) is 0 Å². The Kier molecular flexibility index (Phi) is 6.76. The average Bonchev–Trinajstić information content (AvgIpc) is 3.37. The highest BCUT2D eigenvalue weighted by Crippen LogP contribution is 2.65. The Morgan fingerprint density at radius 2 is 2.00 bits per heavy atom. The van der Waals surface area contributed by atoms with Crippen molar-refractivity contribution < 1.29 is 13.0 Å². The zero-order valence-corrected chi connectivity index (χ0v) is 22.8. The molecule has 35 heavy (non-hydrogen) atoms.